The van der Waals surface area contributed by atoms with Crippen LogP contribution in [0, 0.1) is 16.7 Å². The van der Waals surface area contributed by atoms with Crippen molar-refractivity contribution in [2.45, 2.75) is 105 Å². The fourth-order valence-corrected chi connectivity index (χ4v) is 8.91. The maximum absolute atomic E-state index is 10.9. The summed E-state index contributed by atoms with van der Waals surface area (Å²) in [5, 5.41) is 15.7. The van der Waals surface area contributed by atoms with Gasteiger partial charge >= 0.3 is 0 Å². The van der Waals surface area contributed by atoms with Crippen LogP contribution in [-0.2, 0) is 22.7 Å². The molecule has 2 nitrogen and oxygen atoms in total. The van der Waals surface area contributed by atoms with Gasteiger partial charge in [0.2, 0.25) is 0 Å². The maximum atomic E-state index is 10.9. The smallest absolute Gasteiger partial charge is 0.100 e. The summed E-state index contributed by atoms with van der Waals surface area (Å²) in [7, 11) is 0. The molecule has 0 spiro atoms. The van der Waals surface area contributed by atoms with Gasteiger partial charge in [-0.3, -0.25) is 4.98 Å². The van der Waals surface area contributed by atoms with Crippen molar-refractivity contribution < 1.29 is 0 Å². The lowest BCUT2D eigenvalue weighted by Crippen LogP contribution is -2.36. The van der Waals surface area contributed by atoms with Gasteiger partial charge in [0.25, 0.3) is 0 Å². The van der Waals surface area contributed by atoms with Gasteiger partial charge < -0.3 is 0 Å². The van der Waals surface area contributed by atoms with E-state index >= 15 is 0 Å². The summed E-state index contributed by atoms with van der Waals surface area (Å²) in [6, 6.07) is 18.3. The number of nitriles is 1. The van der Waals surface area contributed by atoms with Gasteiger partial charge in [0.15, 0.2) is 0 Å². The Bertz CT molecular complexity index is 1930. The van der Waals surface area contributed by atoms with E-state index in [2.05, 4.69) is 118 Å². The first-order valence-corrected chi connectivity index (χ1v) is 16.2. The summed E-state index contributed by atoms with van der Waals surface area (Å²) >= 11 is 1.86. The topological polar surface area (TPSA) is 36.7 Å². The Labute approximate surface area is 255 Å². The molecule has 2 aromatic heterocycles. The van der Waals surface area contributed by atoms with E-state index in [0.717, 1.165) is 41.5 Å². The van der Waals surface area contributed by atoms with E-state index in [0.29, 0.717) is 0 Å². The van der Waals surface area contributed by atoms with Crippen LogP contribution in [0.5, 0.6) is 0 Å². The Morgan fingerprint density at radius 3 is 2.17 bits per heavy atom. The highest BCUT2D eigenvalue weighted by Gasteiger charge is 2.42. The second-order valence-electron chi connectivity index (χ2n) is 16.1. The molecule has 0 saturated carbocycles. The lowest BCUT2D eigenvalue weighted by Gasteiger charge is -2.44. The maximum Gasteiger partial charge on any atom is 0.100 e. The Balaban J connectivity index is 1.78. The molecule has 6 rings (SSSR count). The molecule has 0 radical (unpaired) electrons. The molecule has 3 heteroatoms. The van der Waals surface area contributed by atoms with Crippen molar-refractivity contribution >= 4 is 42.3 Å². The molecule has 0 amide bonds. The number of fused-ring (bicyclic) bond motifs is 6. The molecule has 1 aliphatic rings. The van der Waals surface area contributed by atoms with Crippen LogP contribution >= 0.6 is 11.3 Å². The minimum atomic E-state index is -0.00577. The third-order valence-electron chi connectivity index (χ3n) is 9.43. The van der Waals surface area contributed by atoms with Gasteiger partial charge in [0.05, 0.1) is 16.0 Å². The molecule has 5 aromatic rings. The van der Waals surface area contributed by atoms with Crippen LogP contribution in [0.3, 0.4) is 0 Å². The molecule has 1 aliphatic carbocycles. The summed E-state index contributed by atoms with van der Waals surface area (Å²) in [5.74, 6) is 0. The highest BCUT2D eigenvalue weighted by Crippen LogP contribution is 2.55. The molecule has 0 saturated heterocycles. The van der Waals surface area contributed by atoms with Crippen molar-refractivity contribution in [1.82, 2.24) is 4.98 Å². The Morgan fingerprint density at radius 2 is 1.52 bits per heavy atom. The first kappa shape index (κ1) is 28.9. The van der Waals surface area contributed by atoms with Crippen molar-refractivity contribution in [3.63, 3.8) is 0 Å². The average Bonchev–Trinajstić information content (AvgIpc) is 3.28. The third-order valence-corrected chi connectivity index (χ3v) is 10.7. The highest BCUT2D eigenvalue weighted by molar-refractivity contribution is 7.26. The van der Waals surface area contributed by atoms with Crippen LogP contribution in [-0.4, -0.2) is 4.98 Å². The predicted octanol–water partition coefficient (Wildman–Crippen LogP) is 11.4. The standard InChI is InChI=1S/C39H44N2S/c1-36(2,3)21-27-28(22-40)30-26-15-18-41-33(24-19-23-13-11-12-14-25(23)29(20-24)37(4,5)6)34(26)42-35(30)32-31(27)38(7,8)16-17-39(32,9)10/h11-15,18-20H,16-17,21H2,1-10H3. The van der Waals surface area contributed by atoms with Crippen molar-refractivity contribution in [3.05, 3.63) is 76.5 Å². The summed E-state index contributed by atoms with van der Waals surface area (Å²) in [4.78, 5) is 5.04. The van der Waals surface area contributed by atoms with Gasteiger partial charge in [-0.1, -0.05) is 93.5 Å². The van der Waals surface area contributed by atoms with E-state index < -0.39 is 0 Å². The molecule has 0 unspecified atom stereocenters. The van der Waals surface area contributed by atoms with Gasteiger partial charge in [0, 0.05) is 27.2 Å². The van der Waals surface area contributed by atoms with Crippen LogP contribution in [0.15, 0.2) is 48.7 Å². The number of pyridine rings is 1. The highest BCUT2D eigenvalue weighted by atomic mass is 32.1. The zero-order chi connectivity index (χ0) is 30.4. The second kappa shape index (κ2) is 9.39. The van der Waals surface area contributed by atoms with Crippen molar-refractivity contribution in [2.75, 3.05) is 0 Å². The normalized spacial score (nSPS) is 16.6. The van der Waals surface area contributed by atoms with E-state index in [4.69, 9.17) is 4.98 Å². The molecule has 0 atom stereocenters. The Hall–Kier alpha value is -3.22. The average molecular weight is 573 g/mol. The molecule has 42 heavy (non-hydrogen) atoms. The quantitative estimate of drug-likeness (QED) is 0.211. The summed E-state index contributed by atoms with van der Waals surface area (Å²) in [6.45, 7) is 23.4. The zero-order valence-electron chi connectivity index (χ0n) is 27.0. The van der Waals surface area contributed by atoms with Gasteiger partial charge in [-0.15, -0.1) is 11.3 Å². The largest absolute Gasteiger partial charge is 0.255 e. The van der Waals surface area contributed by atoms with Crippen LogP contribution in [0.25, 0.3) is 42.2 Å². The first-order chi connectivity index (χ1) is 19.5. The minimum Gasteiger partial charge on any atom is -0.255 e. The number of benzene rings is 3. The SMILES string of the molecule is CC(C)(C)Cc1c2c(c3sc4c(-c5cc(C(C)(C)C)c6ccccc6c5)nccc4c3c1C#N)C(C)(C)CCC2(C)C. The van der Waals surface area contributed by atoms with Gasteiger partial charge in [-0.25, -0.2) is 0 Å². The number of thiophene rings is 1. The fraction of sp³-hybridized carbons (Fsp3) is 0.436. The van der Waals surface area contributed by atoms with Gasteiger partial charge in [0.1, 0.15) is 6.07 Å². The van der Waals surface area contributed by atoms with E-state index in [9.17, 15) is 5.26 Å². The first-order valence-electron chi connectivity index (χ1n) is 15.4. The molecule has 0 N–H and O–H groups in total. The van der Waals surface area contributed by atoms with Crippen LogP contribution in [0.4, 0.5) is 0 Å². The monoisotopic (exact) mass is 572 g/mol. The van der Waals surface area contributed by atoms with Gasteiger partial charge in [-0.2, -0.15) is 5.26 Å². The third kappa shape index (κ3) is 4.55. The van der Waals surface area contributed by atoms with E-state index in [1.54, 1.807) is 0 Å². The molecular formula is C39H44N2S. The molecule has 3 aromatic carbocycles. The van der Waals surface area contributed by atoms with Crippen molar-refractivity contribution in [1.29, 1.82) is 5.26 Å². The molecule has 0 fully saturated rings. The second-order valence-corrected chi connectivity index (χ2v) is 17.1. The van der Waals surface area contributed by atoms with Crippen molar-refractivity contribution in [3.8, 4) is 17.3 Å². The van der Waals surface area contributed by atoms with Crippen LogP contribution in [0.2, 0.25) is 0 Å². The number of rotatable bonds is 2. The van der Waals surface area contributed by atoms with Gasteiger partial charge in [-0.05, 0) is 92.1 Å². The summed E-state index contributed by atoms with van der Waals surface area (Å²) in [5.41, 5.74) is 8.65. The summed E-state index contributed by atoms with van der Waals surface area (Å²) in [6.07, 6.45) is 5.12. The lowest BCUT2D eigenvalue weighted by molar-refractivity contribution is 0.327. The van der Waals surface area contributed by atoms with Crippen LogP contribution < -0.4 is 0 Å². The molecular weight excluding hydrogens is 529 g/mol. The predicted molar refractivity (Wildman–Crippen MR) is 182 cm³/mol. The number of nitrogens with zero attached hydrogens (tertiary/aromatic N) is 2. The molecule has 2 heterocycles. The molecule has 0 bridgehead atoms. The fourth-order valence-electron chi connectivity index (χ4n) is 7.36. The number of hydrogen-bond acceptors (Lipinski definition) is 3. The van der Waals surface area contributed by atoms with E-state index in [1.807, 2.05) is 17.5 Å². The Morgan fingerprint density at radius 1 is 0.857 bits per heavy atom. The molecule has 0 aliphatic heterocycles. The number of hydrogen-bond donors (Lipinski definition) is 0. The molecule has 216 valence electrons. The van der Waals surface area contributed by atoms with E-state index in [1.165, 1.54) is 47.8 Å². The Kier molecular flexibility index (Phi) is 6.46. The van der Waals surface area contributed by atoms with Crippen molar-refractivity contribution in [2.24, 2.45) is 5.41 Å². The van der Waals surface area contributed by atoms with Crippen LogP contribution in [0.1, 0.15) is 110 Å². The lowest BCUT2D eigenvalue weighted by atomic mass is 9.60. The summed E-state index contributed by atoms with van der Waals surface area (Å²) < 4.78 is 2.48. The number of aromatic nitrogens is 1. The zero-order valence-corrected chi connectivity index (χ0v) is 27.9. The van der Waals surface area contributed by atoms with E-state index in [-0.39, 0.29) is 21.7 Å². The minimum absolute atomic E-state index is 0.00577.